The minimum atomic E-state index is -3.57. The number of nitrogens with one attached hydrogen (secondary N) is 1. The summed E-state index contributed by atoms with van der Waals surface area (Å²) in [6, 6.07) is 7.59. The van der Waals surface area contributed by atoms with Crippen molar-refractivity contribution in [2.24, 2.45) is 11.8 Å². The lowest BCUT2D eigenvalue weighted by molar-refractivity contribution is -0.151. The van der Waals surface area contributed by atoms with Crippen molar-refractivity contribution < 1.29 is 27.5 Å². The van der Waals surface area contributed by atoms with Crippen molar-refractivity contribution in [2.75, 3.05) is 32.8 Å². The quantitative estimate of drug-likeness (QED) is 0.592. The van der Waals surface area contributed by atoms with Gasteiger partial charge in [0.2, 0.25) is 21.8 Å². The monoisotopic (exact) mass is 479 g/mol. The molecule has 0 radical (unpaired) electrons. The summed E-state index contributed by atoms with van der Waals surface area (Å²) in [5.74, 6) is -1.14. The Hall–Kier alpha value is -2.46. The zero-order valence-corrected chi connectivity index (χ0v) is 20.1. The van der Waals surface area contributed by atoms with E-state index in [2.05, 4.69) is 5.32 Å². The van der Waals surface area contributed by atoms with Crippen molar-refractivity contribution in [3.05, 3.63) is 30.3 Å². The van der Waals surface area contributed by atoms with Crippen molar-refractivity contribution in [1.82, 2.24) is 14.5 Å². The van der Waals surface area contributed by atoms with Gasteiger partial charge in [-0.25, -0.2) is 8.42 Å². The third-order valence-electron chi connectivity index (χ3n) is 6.36. The molecule has 0 aliphatic carbocycles. The Morgan fingerprint density at radius 3 is 2.15 bits per heavy atom. The fourth-order valence-electron chi connectivity index (χ4n) is 4.36. The van der Waals surface area contributed by atoms with Crippen LogP contribution in [-0.4, -0.2) is 74.2 Å². The zero-order valence-electron chi connectivity index (χ0n) is 19.2. The average Bonchev–Trinajstić information content (AvgIpc) is 2.84. The predicted octanol–water partition coefficient (Wildman–Crippen LogP) is 1.39. The molecular weight excluding hydrogens is 446 g/mol. The molecule has 2 aliphatic rings. The smallest absolute Gasteiger partial charge is 0.309 e. The maximum Gasteiger partial charge on any atom is 0.309 e. The number of likely N-dealkylation sites (tertiary alicyclic amines) is 1. The minimum absolute atomic E-state index is 0.172. The van der Waals surface area contributed by atoms with E-state index in [1.807, 2.05) is 0 Å². The van der Waals surface area contributed by atoms with Crippen LogP contribution >= 0.6 is 0 Å². The first-order chi connectivity index (χ1) is 15.7. The van der Waals surface area contributed by atoms with Gasteiger partial charge in [0.25, 0.3) is 0 Å². The number of hydrogen-bond donors (Lipinski definition) is 1. The van der Waals surface area contributed by atoms with Crippen LogP contribution in [0.25, 0.3) is 0 Å². The molecule has 1 N–H and O–H groups in total. The molecule has 0 spiro atoms. The predicted molar refractivity (Wildman–Crippen MR) is 121 cm³/mol. The number of sulfonamides is 1. The van der Waals surface area contributed by atoms with Gasteiger partial charge >= 0.3 is 5.97 Å². The number of rotatable bonds is 7. The fraction of sp³-hybridized carbons (Fsp3) is 0.609. The highest BCUT2D eigenvalue weighted by atomic mass is 32.2. The van der Waals surface area contributed by atoms with Crippen molar-refractivity contribution >= 4 is 27.8 Å². The molecular formula is C23H33N3O6S. The number of carbonyl (C=O) groups is 3. The van der Waals surface area contributed by atoms with Crippen LogP contribution in [0.4, 0.5) is 0 Å². The lowest BCUT2D eigenvalue weighted by atomic mass is 9.96. The summed E-state index contributed by atoms with van der Waals surface area (Å²) in [7, 11) is -3.57. The first-order valence-electron chi connectivity index (χ1n) is 11.5. The molecule has 10 heteroatoms. The van der Waals surface area contributed by atoms with Crippen LogP contribution in [0, 0.1) is 11.8 Å². The first-order valence-corrected chi connectivity index (χ1v) is 13.0. The molecule has 0 aromatic heterocycles. The molecule has 33 heavy (non-hydrogen) atoms. The van der Waals surface area contributed by atoms with Crippen molar-refractivity contribution in [1.29, 1.82) is 0 Å². The van der Waals surface area contributed by atoms with Crippen LogP contribution in [0.2, 0.25) is 0 Å². The molecule has 2 fully saturated rings. The van der Waals surface area contributed by atoms with Gasteiger partial charge in [-0.1, -0.05) is 18.2 Å². The highest BCUT2D eigenvalue weighted by molar-refractivity contribution is 7.89. The molecule has 0 saturated carbocycles. The SMILES string of the molecule is CCOC(=O)C1CCN(C(=O)C(C)NC(=O)C2CCN(S(=O)(=O)c3ccccc3)CC2)CC1. The van der Waals surface area contributed by atoms with Crippen molar-refractivity contribution in [2.45, 2.75) is 50.5 Å². The standard InChI is InChI=1S/C23H33N3O6S/c1-3-32-23(29)19-9-13-25(14-10-19)22(28)17(2)24-21(27)18-11-15-26(16-12-18)33(30,31)20-7-5-4-6-8-20/h4-8,17-19H,3,9-16H2,1-2H3,(H,24,27). The molecule has 182 valence electrons. The number of carbonyl (C=O) groups excluding carboxylic acids is 3. The van der Waals surface area contributed by atoms with Gasteiger partial charge < -0.3 is 15.0 Å². The van der Waals surface area contributed by atoms with E-state index in [9.17, 15) is 22.8 Å². The van der Waals surface area contributed by atoms with Gasteiger partial charge in [0.1, 0.15) is 6.04 Å². The van der Waals surface area contributed by atoms with E-state index < -0.39 is 16.1 Å². The van der Waals surface area contributed by atoms with Gasteiger partial charge in [0.15, 0.2) is 0 Å². The molecule has 2 amide bonds. The highest BCUT2D eigenvalue weighted by Crippen LogP contribution is 2.24. The molecule has 0 bridgehead atoms. The average molecular weight is 480 g/mol. The summed E-state index contributed by atoms with van der Waals surface area (Å²) in [5.41, 5.74) is 0. The first kappa shape index (κ1) is 25.2. The maximum absolute atomic E-state index is 12.8. The second-order valence-corrected chi connectivity index (χ2v) is 10.5. The summed E-state index contributed by atoms with van der Waals surface area (Å²) < 4.78 is 32.0. The van der Waals surface area contributed by atoms with Gasteiger partial charge in [-0.3, -0.25) is 14.4 Å². The third-order valence-corrected chi connectivity index (χ3v) is 8.27. The summed E-state index contributed by atoms with van der Waals surface area (Å²) in [4.78, 5) is 39.3. The van der Waals surface area contributed by atoms with E-state index in [-0.39, 0.29) is 47.6 Å². The Morgan fingerprint density at radius 1 is 1.00 bits per heavy atom. The number of amides is 2. The van der Waals surface area contributed by atoms with Crippen molar-refractivity contribution in [3.8, 4) is 0 Å². The van der Waals surface area contributed by atoms with Crippen LogP contribution in [0.15, 0.2) is 35.2 Å². The Kier molecular flexibility index (Phi) is 8.47. The molecule has 1 aromatic rings. The number of piperidine rings is 2. The Morgan fingerprint density at radius 2 is 1.58 bits per heavy atom. The van der Waals surface area contributed by atoms with Crippen LogP contribution in [0.3, 0.4) is 0 Å². The van der Waals surface area contributed by atoms with Gasteiger partial charge in [0.05, 0.1) is 17.4 Å². The Bertz CT molecular complexity index is 936. The van der Waals surface area contributed by atoms with Gasteiger partial charge in [0, 0.05) is 32.1 Å². The number of benzene rings is 1. The maximum atomic E-state index is 12.8. The van der Waals surface area contributed by atoms with E-state index in [0.717, 1.165) is 0 Å². The summed E-state index contributed by atoms with van der Waals surface area (Å²) in [6.45, 7) is 5.21. The number of nitrogens with zero attached hydrogens (tertiary/aromatic N) is 2. The number of hydrogen-bond acceptors (Lipinski definition) is 6. The molecule has 1 unspecified atom stereocenters. The Balaban J connectivity index is 1.46. The number of ether oxygens (including phenoxy) is 1. The summed E-state index contributed by atoms with van der Waals surface area (Å²) >= 11 is 0. The van der Waals surface area contributed by atoms with Gasteiger partial charge in [-0.15, -0.1) is 0 Å². The molecule has 2 saturated heterocycles. The molecule has 3 rings (SSSR count). The lowest BCUT2D eigenvalue weighted by Gasteiger charge is -2.34. The normalized spacial score (nSPS) is 19.6. The molecule has 9 nitrogen and oxygen atoms in total. The lowest BCUT2D eigenvalue weighted by Crippen LogP contribution is -2.52. The Labute approximate surface area is 195 Å². The van der Waals surface area contributed by atoms with Gasteiger partial charge in [-0.2, -0.15) is 4.31 Å². The molecule has 2 aliphatic heterocycles. The number of esters is 1. The van der Waals surface area contributed by atoms with Crippen LogP contribution in [0.5, 0.6) is 0 Å². The molecule has 2 heterocycles. The summed E-state index contributed by atoms with van der Waals surface area (Å²) in [5, 5.41) is 2.80. The second kappa shape index (κ2) is 11.1. The van der Waals surface area contributed by atoms with Gasteiger partial charge in [-0.05, 0) is 51.7 Å². The van der Waals surface area contributed by atoms with Crippen molar-refractivity contribution in [3.63, 3.8) is 0 Å². The van der Waals surface area contributed by atoms with E-state index in [1.165, 1.54) is 4.31 Å². The van der Waals surface area contributed by atoms with Crippen LogP contribution in [-0.2, 0) is 29.1 Å². The minimum Gasteiger partial charge on any atom is -0.466 e. The highest BCUT2D eigenvalue weighted by Gasteiger charge is 2.34. The molecule has 1 atom stereocenters. The van der Waals surface area contributed by atoms with Crippen LogP contribution in [0.1, 0.15) is 39.5 Å². The van der Waals surface area contributed by atoms with E-state index in [4.69, 9.17) is 4.74 Å². The third kappa shape index (κ3) is 6.11. The van der Waals surface area contributed by atoms with E-state index in [0.29, 0.717) is 45.4 Å². The van der Waals surface area contributed by atoms with Crippen LogP contribution < -0.4 is 5.32 Å². The van der Waals surface area contributed by atoms with E-state index >= 15 is 0 Å². The summed E-state index contributed by atoms with van der Waals surface area (Å²) in [6.07, 6.45) is 1.92. The fourth-order valence-corrected chi connectivity index (χ4v) is 5.85. The second-order valence-electron chi connectivity index (χ2n) is 8.57. The largest absolute Gasteiger partial charge is 0.466 e. The van der Waals surface area contributed by atoms with E-state index in [1.54, 1.807) is 49.1 Å². The molecule has 1 aromatic carbocycles. The zero-order chi connectivity index (χ0) is 24.0. The topological polar surface area (TPSA) is 113 Å².